The van der Waals surface area contributed by atoms with Gasteiger partial charge in [-0.15, -0.1) is 0 Å². The summed E-state index contributed by atoms with van der Waals surface area (Å²) in [7, 11) is 6.55. The molecule has 2 aromatic carbocycles. The van der Waals surface area contributed by atoms with Crippen molar-refractivity contribution in [3.05, 3.63) is 36.4 Å². The lowest BCUT2D eigenvalue weighted by atomic mass is 10.3. The summed E-state index contributed by atoms with van der Waals surface area (Å²) >= 11 is 1.59. The van der Waals surface area contributed by atoms with E-state index in [4.69, 9.17) is 18.9 Å². The van der Waals surface area contributed by atoms with Crippen LogP contribution in [0.2, 0.25) is 0 Å². The van der Waals surface area contributed by atoms with Gasteiger partial charge in [0.05, 0.1) is 28.4 Å². The van der Waals surface area contributed by atoms with Crippen LogP contribution in [0.5, 0.6) is 23.0 Å². The summed E-state index contributed by atoms with van der Waals surface area (Å²) in [5.41, 5.74) is 0. The molecule has 112 valence electrons. The molecule has 0 unspecified atom stereocenters. The quantitative estimate of drug-likeness (QED) is 0.809. The van der Waals surface area contributed by atoms with Crippen LogP contribution in [0, 0.1) is 0 Å². The maximum absolute atomic E-state index is 5.28. The number of methoxy groups -OCH3 is 4. The lowest BCUT2D eigenvalue weighted by Crippen LogP contribution is -1.89. The molecule has 0 saturated carbocycles. The van der Waals surface area contributed by atoms with Gasteiger partial charge in [-0.25, -0.2) is 0 Å². The Kier molecular flexibility index (Phi) is 5.22. The molecule has 0 heterocycles. The second kappa shape index (κ2) is 7.13. The highest BCUT2D eigenvalue weighted by Crippen LogP contribution is 2.37. The minimum absolute atomic E-state index is 0.756. The van der Waals surface area contributed by atoms with Gasteiger partial charge in [0.1, 0.15) is 23.0 Å². The molecule has 2 aromatic rings. The molecule has 2 rings (SSSR count). The van der Waals surface area contributed by atoms with Gasteiger partial charge in [0.2, 0.25) is 0 Å². The SMILES string of the molecule is COc1cc(OC)cc(Sc2cc(OC)cc(OC)c2)c1. The van der Waals surface area contributed by atoms with Crippen molar-refractivity contribution in [1.82, 2.24) is 0 Å². The predicted octanol–water partition coefficient (Wildman–Crippen LogP) is 3.87. The molecular formula is C16H18O4S. The Balaban J connectivity index is 2.32. The van der Waals surface area contributed by atoms with Crippen molar-refractivity contribution in [2.75, 3.05) is 28.4 Å². The van der Waals surface area contributed by atoms with Gasteiger partial charge >= 0.3 is 0 Å². The van der Waals surface area contributed by atoms with E-state index in [-0.39, 0.29) is 0 Å². The highest BCUT2D eigenvalue weighted by molar-refractivity contribution is 7.99. The van der Waals surface area contributed by atoms with Crippen LogP contribution < -0.4 is 18.9 Å². The Bertz CT molecular complexity index is 515. The standard InChI is InChI=1S/C16H18O4S/c1-17-11-5-12(18-2)8-15(7-11)21-16-9-13(19-3)6-14(10-16)20-4/h5-10H,1-4H3. The molecule has 5 heteroatoms. The summed E-state index contributed by atoms with van der Waals surface area (Å²) in [6, 6.07) is 11.5. The first-order valence-electron chi connectivity index (χ1n) is 6.32. The molecule has 0 amide bonds. The smallest absolute Gasteiger partial charge is 0.123 e. The summed E-state index contributed by atoms with van der Waals surface area (Å²) in [5.74, 6) is 3.02. The van der Waals surface area contributed by atoms with Gasteiger partial charge < -0.3 is 18.9 Å². The van der Waals surface area contributed by atoms with Crippen LogP contribution in [0.4, 0.5) is 0 Å². The van der Waals surface area contributed by atoms with Gasteiger partial charge in [-0.3, -0.25) is 0 Å². The van der Waals surface area contributed by atoms with Crippen LogP contribution >= 0.6 is 11.8 Å². The van der Waals surface area contributed by atoms with Gasteiger partial charge in [0.25, 0.3) is 0 Å². The molecule has 0 atom stereocenters. The number of hydrogen-bond acceptors (Lipinski definition) is 5. The van der Waals surface area contributed by atoms with Gasteiger partial charge in [-0.1, -0.05) is 11.8 Å². The van der Waals surface area contributed by atoms with Crippen LogP contribution in [0.25, 0.3) is 0 Å². The van der Waals surface area contributed by atoms with E-state index in [0.717, 1.165) is 32.8 Å². The summed E-state index contributed by atoms with van der Waals surface area (Å²) in [4.78, 5) is 2.03. The van der Waals surface area contributed by atoms with E-state index < -0.39 is 0 Å². The second-order valence-electron chi connectivity index (χ2n) is 4.20. The topological polar surface area (TPSA) is 36.9 Å². The first-order valence-corrected chi connectivity index (χ1v) is 7.14. The molecule has 0 aliphatic rings. The third kappa shape index (κ3) is 3.98. The molecule has 0 aromatic heterocycles. The minimum atomic E-state index is 0.756. The van der Waals surface area contributed by atoms with Crippen LogP contribution in [0.1, 0.15) is 0 Å². The Hall–Kier alpha value is -2.01. The minimum Gasteiger partial charge on any atom is -0.497 e. The van der Waals surface area contributed by atoms with Crippen molar-refractivity contribution in [3.63, 3.8) is 0 Å². The van der Waals surface area contributed by atoms with E-state index in [1.165, 1.54) is 0 Å². The van der Waals surface area contributed by atoms with Crippen molar-refractivity contribution in [2.45, 2.75) is 9.79 Å². The van der Waals surface area contributed by atoms with E-state index in [1.54, 1.807) is 40.2 Å². The van der Waals surface area contributed by atoms with Crippen molar-refractivity contribution in [2.24, 2.45) is 0 Å². The predicted molar refractivity (Wildman–Crippen MR) is 83.2 cm³/mol. The van der Waals surface area contributed by atoms with Gasteiger partial charge in [0.15, 0.2) is 0 Å². The van der Waals surface area contributed by atoms with E-state index in [2.05, 4.69) is 0 Å². The number of benzene rings is 2. The van der Waals surface area contributed by atoms with Crippen LogP contribution in [-0.4, -0.2) is 28.4 Å². The lowest BCUT2D eigenvalue weighted by molar-refractivity contribution is 0.392. The lowest BCUT2D eigenvalue weighted by Gasteiger charge is -2.10. The van der Waals surface area contributed by atoms with E-state index in [9.17, 15) is 0 Å². The third-order valence-corrected chi connectivity index (χ3v) is 3.83. The van der Waals surface area contributed by atoms with E-state index in [1.807, 2.05) is 36.4 Å². The second-order valence-corrected chi connectivity index (χ2v) is 5.35. The average molecular weight is 306 g/mol. The van der Waals surface area contributed by atoms with Crippen LogP contribution in [0.3, 0.4) is 0 Å². The molecule has 0 bridgehead atoms. The molecule has 0 N–H and O–H groups in total. The maximum atomic E-state index is 5.28. The van der Waals surface area contributed by atoms with Crippen molar-refractivity contribution < 1.29 is 18.9 Å². The fourth-order valence-corrected chi connectivity index (χ4v) is 2.79. The Morgan fingerprint density at radius 2 is 0.810 bits per heavy atom. The van der Waals surface area contributed by atoms with Gasteiger partial charge in [0, 0.05) is 21.9 Å². The fraction of sp³-hybridized carbons (Fsp3) is 0.250. The zero-order valence-corrected chi connectivity index (χ0v) is 13.3. The van der Waals surface area contributed by atoms with Crippen LogP contribution in [0.15, 0.2) is 46.2 Å². The molecule has 0 aliphatic carbocycles. The van der Waals surface area contributed by atoms with E-state index in [0.29, 0.717) is 0 Å². The Morgan fingerprint density at radius 1 is 0.524 bits per heavy atom. The average Bonchev–Trinajstić information content (AvgIpc) is 2.53. The third-order valence-electron chi connectivity index (χ3n) is 2.89. The van der Waals surface area contributed by atoms with Crippen molar-refractivity contribution >= 4 is 11.8 Å². The fourth-order valence-electron chi connectivity index (χ4n) is 1.82. The normalized spacial score (nSPS) is 10.1. The molecule has 0 radical (unpaired) electrons. The molecular weight excluding hydrogens is 288 g/mol. The van der Waals surface area contributed by atoms with Crippen molar-refractivity contribution in [1.29, 1.82) is 0 Å². The highest BCUT2D eigenvalue weighted by Gasteiger charge is 2.07. The first-order chi connectivity index (χ1) is 10.2. The molecule has 4 nitrogen and oxygen atoms in total. The zero-order chi connectivity index (χ0) is 15.2. The Labute approximate surface area is 129 Å². The molecule has 0 aliphatic heterocycles. The van der Waals surface area contributed by atoms with Gasteiger partial charge in [-0.2, -0.15) is 0 Å². The van der Waals surface area contributed by atoms with E-state index >= 15 is 0 Å². The number of ether oxygens (including phenoxy) is 4. The van der Waals surface area contributed by atoms with Crippen molar-refractivity contribution in [3.8, 4) is 23.0 Å². The highest BCUT2D eigenvalue weighted by atomic mass is 32.2. The number of rotatable bonds is 6. The summed E-state index contributed by atoms with van der Waals surface area (Å²) in [6.07, 6.45) is 0. The summed E-state index contributed by atoms with van der Waals surface area (Å²) in [5, 5.41) is 0. The monoisotopic (exact) mass is 306 g/mol. The molecule has 0 spiro atoms. The number of hydrogen-bond donors (Lipinski definition) is 0. The molecule has 0 fully saturated rings. The Morgan fingerprint density at radius 3 is 1.05 bits per heavy atom. The first kappa shape index (κ1) is 15.4. The van der Waals surface area contributed by atoms with Crippen LogP contribution in [-0.2, 0) is 0 Å². The largest absolute Gasteiger partial charge is 0.497 e. The van der Waals surface area contributed by atoms with Gasteiger partial charge in [-0.05, 0) is 24.3 Å². The summed E-state index contributed by atoms with van der Waals surface area (Å²) in [6.45, 7) is 0. The zero-order valence-electron chi connectivity index (χ0n) is 12.5. The molecule has 0 saturated heterocycles. The molecule has 21 heavy (non-hydrogen) atoms. The maximum Gasteiger partial charge on any atom is 0.123 e. The summed E-state index contributed by atoms with van der Waals surface area (Å²) < 4.78 is 21.1.